The Kier molecular flexibility index (Phi) is 3.37. The number of aliphatic hydroxyl groups is 1. The van der Waals surface area contributed by atoms with Gasteiger partial charge in [0.05, 0.1) is 16.2 Å². The van der Waals surface area contributed by atoms with Gasteiger partial charge < -0.3 is 5.11 Å². The molecule has 0 spiro atoms. The van der Waals surface area contributed by atoms with Crippen LogP contribution in [-0.4, -0.2) is 24.9 Å². The van der Waals surface area contributed by atoms with Gasteiger partial charge in [-0.1, -0.05) is 15.9 Å². The second-order valence-corrected chi connectivity index (χ2v) is 7.12. The molecule has 2 rings (SSSR count). The first kappa shape index (κ1) is 12.1. The maximum atomic E-state index is 12.2. The van der Waals surface area contributed by atoms with Gasteiger partial charge in [-0.05, 0) is 43.5 Å². The molecule has 1 N–H and O–H groups in total. The topological polar surface area (TPSA) is 54.4 Å². The van der Waals surface area contributed by atoms with Crippen LogP contribution >= 0.6 is 15.9 Å². The summed E-state index contributed by atoms with van der Waals surface area (Å²) in [6, 6.07) is 6.55. The third-order valence-corrected chi connectivity index (χ3v) is 5.76. The lowest BCUT2D eigenvalue weighted by molar-refractivity contribution is 0.185. The van der Waals surface area contributed by atoms with Crippen LogP contribution in [0.5, 0.6) is 0 Å². The molecule has 1 saturated carbocycles. The second kappa shape index (κ2) is 4.47. The predicted molar refractivity (Wildman–Crippen MR) is 65.0 cm³/mol. The summed E-state index contributed by atoms with van der Waals surface area (Å²) in [6.07, 6.45) is 1.20. The Morgan fingerprint density at radius 3 is 2.31 bits per heavy atom. The summed E-state index contributed by atoms with van der Waals surface area (Å²) in [6.45, 7) is 0. The number of sulfone groups is 1. The van der Waals surface area contributed by atoms with E-state index in [0.717, 1.165) is 10.9 Å². The molecule has 2 unspecified atom stereocenters. The maximum Gasteiger partial charge on any atom is 0.183 e. The fourth-order valence-corrected chi connectivity index (χ4v) is 4.22. The van der Waals surface area contributed by atoms with Crippen LogP contribution in [0.25, 0.3) is 0 Å². The summed E-state index contributed by atoms with van der Waals surface area (Å²) in [7, 11) is -3.38. The first-order valence-corrected chi connectivity index (χ1v) is 7.53. The number of halogens is 1. The van der Waals surface area contributed by atoms with Gasteiger partial charge in [-0.3, -0.25) is 0 Å². The SMILES string of the molecule is O=S(=O)(c1ccc(Br)cc1)C1CCCC1O. The van der Waals surface area contributed by atoms with Crippen LogP contribution in [0, 0.1) is 0 Å². The van der Waals surface area contributed by atoms with Crippen molar-refractivity contribution in [2.75, 3.05) is 0 Å². The van der Waals surface area contributed by atoms with Crippen molar-refractivity contribution < 1.29 is 13.5 Å². The lowest BCUT2D eigenvalue weighted by atomic mass is 10.3. The monoisotopic (exact) mass is 304 g/mol. The third-order valence-electron chi connectivity index (χ3n) is 2.96. The Morgan fingerprint density at radius 2 is 1.81 bits per heavy atom. The minimum atomic E-state index is -3.38. The van der Waals surface area contributed by atoms with Gasteiger partial charge in [0.1, 0.15) is 0 Å². The average molecular weight is 305 g/mol. The van der Waals surface area contributed by atoms with Gasteiger partial charge in [-0.2, -0.15) is 0 Å². The van der Waals surface area contributed by atoms with Crippen LogP contribution in [0.15, 0.2) is 33.6 Å². The van der Waals surface area contributed by atoms with E-state index in [1.54, 1.807) is 24.3 Å². The number of aliphatic hydroxyl groups excluding tert-OH is 1. The molecule has 3 nitrogen and oxygen atoms in total. The van der Waals surface area contributed by atoms with E-state index in [9.17, 15) is 13.5 Å². The Labute approximate surface area is 104 Å². The van der Waals surface area contributed by atoms with Crippen LogP contribution in [0.3, 0.4) is 0 Å². The van der Waals surface area contributed by atoms with Crippen LogP contribution in [0.4, 0.5) is 0 Å². The van der Waals surface area contributed by atoms with Crippen molar-refractivity contribution in [2.45, 2.75) is 35.5 Å². The molecule has 0 heterocycles. The summed E-state index contributed by atoms with van der Waals surface area (Å²) >= 11 is 3.26. The molecule has 1 aromatic rings. The number of hydrogen-bond donors (Lipinski definition) is 1. The summed E-state index contributed by atoms with van der Waals surface area (Å²) in [4.78, 5) is 0.293. The Hall–Kier alpha value is -0.390. The van der Waals surface area contributed by atoms with Crippen molar-refractivity contribution in [2.24, 2.45) is 0 Å². The van der Waals surface area contributed by atoms with Crippen molar-refractivity contribution in [3.8, 4) is 0 Å². The van der Waals surface area contributed by atoms with E-state index in [-0.39, 0.29) is 0 Å². The van der Waals surface area contributed by atoms with Gasteiger partial charge >= 0.3 is 0 Å². The van der Waals surface area contributed by atoms with Gasteiger partial charge in [0.15, 0.2) is 9.84 Å². The Morgan fingerprint density at radius 1 is 1.19 bits per heavy atom. The van der Waals surface area contributed by atoms with E-state index in [2.05, 4.69) is 15.9 Å². The van der Waals surface area contributed by atoms with E-state index in [4.69, 9.17) is 0 Å². The van der Waals surface area contributed by atoms with E-state index in [1.165, 1.54) is 0 Å². The fourth-order valence-electron chi connectivity index (χ4n) is 2.07. The van der Waals surface area contributed by atoms with Gasteiger partial charge in [0.2, 0.25) is 0 Å². The molecule has 0 radical (unpaired) electrons. The van der Waals surface area contributed by atoms with Crippen molar-refractivity contribution in [1.29, 1.82) is 0 Å². The highest BCUT2D eigenvalue weighted by Gasteiger charge is 2.37. The molecule has 1 aliphatic carbocycles. The molecule has 1 fully saturated rings. The smallest absolute Gasteiger partial charge is 0.183 e. The lowest BCUT2D eigenvalue weighted by Gasteiger charge is -2.15. The first-order valence-electron chi connectivity index (χ1n) is 5.19. The zero-order valence-electron chi connectivity index (χ0n) is 8.64. The molecule has 0 saturated heterocycles. The molecular formula is C11H13BrO3S. The molecule has 0 aromatic heterocycles. The summed E-state index contributed by atoms with van der Waals surface area (Å²) in [5.41, 5.74) is 0. The standard InChI is InChI=1S/C11H13BrO3S/c12-8-4-6-9(7-5-8)16(14,15)11-3-1-2-10(11)13/h4-7,10-11,13H,1-3H2. The largest absolute Gasteiger partial charge is 0.392 e. The number of rotatable bonds is 2. The van der Waals surface area contributed by atoms with Crippen molar-refractivity contribution in [1.82, 2.24) is 0 Å². The fraction of sp³-hybridized carbons (Fsp3) is 0.455. The average Bonchev–Trinajstić information content (AvgIpc) is 2.66. The van der Waals surface area contributed by atoms with Crippen LogP contribution in [0.1, 0.15) is 19.3 Å². The van der Waals surface area contributed by atoms with Crippen LogP contribution in [0.2, 0.25) is 0 Å². The molecule has 2 atom stereocenters. The van der Waals surface area contributed by atoms with Gasteiger partial charge in [0.25, 0.3) is 0 Å². The molecule has 16 heavy (non-hydrogen) atoms. The highest BCUT2D eigenvalue weighted by Crippen LogP contribution is 2.30. The highest BCUT2D eigenvalue weighted by molar-refractivity contribution is 9.10. The highest BCUT2D eigenvalue weighted by atomic mass is 79.9. The van der Waals surface area contributed by atoms with Crippen molar-refractivity contribution in [3.05, 3.63) is 28.7 Å². The predicted octanol–water partition coefficient (Wildman–Crippen LogP) is 2.14. The van der Waals surface area contributed by atoms with E-state index in [0.29, 0.717) is 17.7 Å². The summed E-state index contributed by atoms with van der Waals surface area (Å²) in [5.74, 6) is 0. The molecule has 88 valence electrons. The molecule has 1 aromatic carbocycles. The minimum absolute atomic E-state index is 0.293. The summed E-state index contributed by atoms with van der Waals surface area (Å²) < 4.78 is 25.2. The normalized spacial score (nSPS) is 25.9. The summed E-state index contributed by atoms with van der Waals surface area (Å²) in [5, 5.41) is 9.02. The second-order valence-electron chi connectivity index (χ2n) is 4.04. The third kappa shape index (κ3) is 2.17. The number of benzene rings is 1. The molecular weight excluding hydrogens is 292 g/mol. The lowest BCUT2D eigenvalue weighted by Crippen LogP contribution is -2.29. The quantitative estimate of drug-likeness (QED) is 0.911. The van der Waals surface area contributed by atoms with Gasteiger partial charge in [-0.25, -0.2) is 8.42 Å². The number of hydrogen-bond acceptors (Lipinski definition) is 3. The Balaban J connectivity index is 2.35. The van der Waals surface area contributed by atoms with Gasteiger partial charge in [0, 0.05) is 4.47 Å². The van der Waals surface area contributed by atoms with Gasteiger partial charge in [-0.15, -0.1) is 0 Å². The van der Waals surface area contributed by atoms with E-state index < -0.39 is 21.2 Å². The van der Waals surface area contributed by atoms with E-state index >= 15 is 0 Å². The zero-order valence-corrected chi connectivity index (χ0v) is 11.0. The first-order chi connectivity index (χ1) is 7.51. The van der Waals surface area contributed by atoms with Crippen molar-refractivity contribution in [3.63, 3.8) is 0 Å². The maximum absolute atomic E-state index is 12.2. The van der Waals surface area contributed by atoms with Crippen LogP contribution in [-0.2, 0) is 9.84 Å². The van der Waals surface area contributed by atoms with Crippen LogP contribution < -0.4 is 0 Å². The van der Waals surface area contributed by atoms with E-state index in [1.807, 2.05) is 0 Å². The molecule has 0 bridgehead atoms. The molecule has 0 aliphatic heterocycles. The molecule has 0 amide bonds. The molecule has 5 heteroatoms. The molecule has 1 aliphatic rings. The zero-order chi connectivity index (χ0) is 11.8. The minimum Gasteiger partial charge on any atom is -0.392 e. The van der Waals surface area contributed by atoms with Crippen molar-refractivity contribution >= 4 is 25.8 Å². The Bertz CT molecular complexity index is 467.